The number of halogens is 5. The van der Waals surface area contributed by atoms with Crippen LogP contribution in [0.15, 0.2) is 24.4 Å². The number of nitrogens with one attached hydrogen (secondary N) is 4. The third kappa shape index (κ3) is 6.07. The van der Waals surface area contributed by atoms with Gasteiger partial charge in [-0.2, -0.15) is 31.6 Å². The van der Waals surface area contributed by atoms with Gasteiger partial charge in [0.05, 0.1) is 16.3 Å². The number of amides is 1. The van der Waals surface area contributed by atoms with Crippen molar-refractivity contribution in [3.05, 3.63) is 46.5 Å². The van der Waals surface area contributed by atoms with E-state index in [2.05, 4.69) is 10.7 Å². The van der Waals surface area contributed by atoms with E-state index in [0.717, 1.165) is 12.1 Å². The van der Waals surface area contributed by atoms with E-state index in [4.69, 9.17) is 16.9 Å². The second-order valence-corrected chi connectivity index (χ2v) is 8.01. The second kappa shape index (κ2) is 9.10. The number of hydrazine groups is 1. The fourth-order valence-corrected chi connectivity index (χ4v) is 3.49. The highest BCUT2D eigenvalue weighted by molar-refractivity contribution is 7.87. The first-order valence-electron chi connectivity index (χ1n) is 8.22. The van der Waals surface area contributed by atoms with E-state index in [-0.39, 0.29) is 27.7 Å². The summed E-state index contributed by atoms with van der Waals surface area (Å²) in [6.45, 7) is 0.615. The Balaban J connectivity index is 2.15. The number of alkyl halides is 3. The number of hydrogen-bond donors (Lipinski definition) is 4. The van der Waals surface area contributed by atoms with E-state index in [9.17, 15) is 30.8 Å². The first-order chi connectivity index (χ1) is 14.2. The van der Waals surface area contributed by atoms with Crippen molar-refractivity contribution in [1.29, 1.82) is 5.26 Å². The van der Waals surface area contributed by atoms with Crippen LogP contribution in [0.25, 0.3) is 0 Å². The highest BCUT2D eigenvalue weighted by Crippen LogP contribution is 2.28. The first-order valence-corrected chi connectivity index (χ1v) is 10.1. The quantitative estimate of drug-likeness (QED) is 0.356. The van der Waals surface area contributed by atoms with E-state index >= 15 is 0 Å². The van der Waals surface area contributed by atoms with Crippen LogP contribution in [-0.4, -0.2) is 31.1 Å². The molecule has 1 heterocycles. The fourth-order valence-electron chi connectivity index (χ4n) is 2.27. The first kappa shape index (κ1) is 24.4. The molecule has 0 spiro atoms. The van der Waals surface area contributed by atoms with Gasteiger partial charge in [0.25, 0.3) is 16.1 Å². The number of benzene rings is 1. The minimum absolute atomic E-state index is 0.0979. The molecule has 1 unspecified atom stereocenters. The maximum absolute atomic E-state index is 13.4. The Hall–Kier alpha value is -2.86. The topological polar surface area (TPSA) is 128 Å². The van der Waals surface area contributed by atoms with E-state index in [1.807, 2.05) is 0 Å². The van der Waals surface area contributed by atoms with Crippen LogP contribution in [0.3, 0.4) is 0 Å². The number of nitrogens with zero attached hydrogens (tertiary/aromatic N) is 2. The predicted molar refractivity (Wildman–Crippen MR) is 104 cm³/mol. The Morgan fingerprint density at radius 1 is 1.32 bits per heavy atom. The second-order valence-electron chi connectivity index (χ2n) is 6.19. The summed E-state index contributed by atoms with van der Waals surface area (Å²) in [5, 5.41) is 11.0. The summed E-state index contributed by atoms with van der Waals surface area (Å²) < 4.78 is 77.0. The largest absolute Gasteiger partial charge is 0.404 e. The number of aryl methyl sites for hydroxylation is 1. The van der Waals surface area contributed by atoms with Crippen molar-refractivity contribution in [1.82, 2.24) is 14.1 Å². The Kier molecular flexibility index (Phi) is 7.17. The van der Waals surface area contributed by atoms with Gasteiger partial charge in [0, 0.05) is 18.9 Å². The van der Waals surface area contributed by atoms with Crippen molar-refractivity contribution in [2.24, 2.45) is 7.05 Å². The van der Waals surface area contributed by atoms with Gasteiger partial charge >= 0.3 is 6.18 Å². The lowest BCUT2D eigenvalue weighted by Crippen LogP contribution is -2.49. The number of carbonyl (C=O) groups is 1. The van der Waals surface area contributed by atoms with Crippen molar-refractivity contribution in [3.63, 3.8) is 0 Å². The van der Waals surface area contributed by atoms with Crippen LogP contribution >= 0.6 is 11.6 Å². The van der Waals surface area contributed by atoms with Crippen molar-refractivity contribution < 1.29 is 30.8 Å². The third-order valence-corrected chi connectivity index (χ3v) is 5.24. The predicted octanol–water partition coefficient (Wildman–Crippen LogP) is 2.64. The molecule has 4 N–H and O–H groups in total. The SMILES string of the molecule is CC(NS(=O)(=O)NNc1cn(C)c(C(=O)Nc2ccc(F)c(C#N)c2)c1Cl)C(F)(F)F. The maximum Gasteiger partial charge on any atom is 0.404 e. The number of aromatic nitrogens is 1. The summed E-state index contributed by atoms with van der Waals surface area (Å²) in [5.74, 6) is -1.55. The standard InChI is InChI=1S/C16H15ClF4N6O3S/c1-8(16(19,20)21)25-31(29,30)26-24-12-7-27(2)14(13(12)17)15(28)23-10-3-4-11(18)9(5-10)6-22/h3-5,7-8,24-26H,1-2H3,(H,23,28). The monoisotopic (exact) mass is 482 g/mol. The zero-order chi connectivity index (χ0) is 23.6. The summed E-state index contributed by atoms with van der Waals surface area (Å²) in [4.78, 5) is 14.2. The summed E-state index contributed by atoms with van der Waals surface area (Å²) in [6, 6.07) is 2.57. The Bertz CT molecular complexity index is 1140. The molecular formula is C16H15ClF4N6O3S. The minimum atomic E-state index is -4.80. The number of carbonyl (C=O) groups excluding carboxylic acids is 1. The Labute approximate surface area is 179 Å². The molecule has 1 atom stereocenters. The van der Waals surface area contributed by atoms with E-state index in [1.165, 1.54) is 28.6 Å². The van der Waals surface area contributed by atoms with Crippen LogP contribution in [0.4, 0.5) is 28.9 Å². The molecular weight excluding hydrogens is 468 g/mol. The van der Waals surface area contributed by atoms with Crippen LogP contribution in [-0.2, 0) is 17.3 Å². The molecule has 31 heavy (non-hydrogen) atoms. The van der Waals surface area contributed by atoms with Gasteiger partial charge in [-0.05, 0) is 25.1 Å². The summed E-state index contributed by atoms with van der Waals surface area (Å²) in [7, 11) is -3.23. The maximum atomic E-state index is 13.4. The van der Waals surface area contributed by atoms with E-state index in [0.29, 0.717) is 6.92 Å². The van der Waals surface area contributed by atoms with Gasteiger partial charge in [-0.1, -0.05) is 11.6 Å². The zero-order valence-electron chi connectivity index (χ0n) is 15.8. The van der Waals surface area contributed by atoms with Gasteiger partial charge in [0.15, 0.2) is 0 Å². The van der Waals surface area contributed by atoms with Gasteiger partial charge in [0.2, 0.25) is 0 Å². The normalized spacial score (nSPS) is 12.8. The molecule has 2 rings (SSSR count). The molecule has 0 aliphatic heterocycles. The van der Waals surface area contributed by atoms with Crippen molar-refractivity contribution in [2.75, 3.05) is 10.7 Å². The van der Waals surface area contributed by atoms with Crippen LogP contribution in [0.2, 0.25) is 5.02 Å². The smallest absolute Gasteiger partial charge is 0.343 e. The number of anilines is 2. The molecule has 15 heteroatoms. The van der Waals surface area contributed by atoms with E-state index < -0.39 is 34.2 Å². The minimum Gasteiger partial charge on any atom is -0.343 e. The molecule has 2 aromatic rings. The molecule has 1 aromatic heterocycles. The summed E-state index contributed by atoms with van der Waals surface area (Å²) in [5.41, 5.74) is 1.64. The average molecular weight is 483 g/mol. The molecule has 0 aliphatic carbocycles. The third-order valence-electron chi connectivity index (χ3n) is 3.82. The Morgan fingerprint density at radius 3 is 2.55 bits per heavy atom. The van der Waals surface area contributed by atoms with Crippen molar-refractivity contribution >= 4 is 39.1 Å². The lowest BCUT2D eigenvalue weighted by molar-refractivity contribution is -0.147. The van der Waals surface area contributed by atoms with Crippen LogP contribution in [0.1, 0.15) is 23.0 Å². The summed E-state index contributed by atoms with van der Waals surface area (Å²) in [6.07, 6.45) is -3.59. The van der Waals surface area contributed by atoms with Crippen LogP contribution in [0, 0.1) is 17.1 Å². The number of nitriles is 1. The molecule has 0 fully saturated rings. The molecule has 1 aromatic carbocycles. The fraction of sp³-hybridized carbons (Fsp3) is 0.250. The van der Waals surface area contributed by atoms with Crippen molar-refractivity contribution in [3.8, 4) is 6.07 Å². The van der Waals surface area contributed by atoms with Crippen LogP contribution in [0.5, 0.6) is 0 Å². The summed E-state index contributed by atoms with van der Waals surface area (Å²) >= 11 is 6.09. The van der Waals surface area contributed by atoms with Crippen molar-refractivity contribution in [2.45, 2.75) is 19.1 Å². The molecule has 0 radical (unpaired) electrons. The van der Waals surface area contributed by atoms with Gasteiger partial charge in [-0.25, -0.2) is 4.39 Å². The molecule has 0 bridgehead atoms. The van der Waals surface area contributed by atoms with Gasteiger partial charge < -0.3 is 15.3 Å². The number of rotatable bonds is 7. The molecule has 0 aliphatic rings. The van der Waals surface area contributed by atoms with Gasteiger partial charge in [-0.15, -0.1) is 4.83 Å². The zero-order valence-corrected chi connectivity index (χ0v) is 17.4. The highest BCUT2D eigenvalue weighted by Gasteiger charge is 2.38. The average Bonchev–Trinajstić information content (AvgIpc) is 2.94. The molecule has 1 amide bonds. The molecule has 0 saturated carbocycles. The molecule has 168 valence electrons. The lowest BCUT2D eigenvalue weighted by Gasteiger charge is -2.17. The molecule has 0 saturated heterocycles. The number of hydrogen-bond acceptors (Lipinski definition) is 5. The van der Waals surface area contributed by atoms with Gasteiger partial charge in [-0.3, -0.25) is 4.79 Å². The highest BCUT2D eigenvalue weighted by atomic mass is 35.5. The molecule has 9 nitrogen and oxygen atoms in total. The Morgan fingerprint density at radius 2 is 1.97 bits per heavy atom. The van der Waals surface area contributed by atoms with E-state index in [1.54, 1.807) is 10.9 Å². The lowest BCUT2D eigenvalue weighted by atomic mass is 10.2. The van der Waals surface area contributed by atoms with Gasteiger partial charge in [0.1, 0.15) is 23.6 Å². The van der Waals surface area contributed by atoms with Crippen LogP contribution < -0.4 is 20.3 Å².